The van der Waals surface area contributed by atoms with Gasteiger partial charge >= 0.3 is 5.97 Å². The van der Waals surface area contributed by atoms with Crippen LogP contribution in [0.15, 0.2) is 15.6 Å². The minimum Gasteiger partial charge on any atom is -0.466 e. The number of piperidine rings is 1. The standard InChI is InChI=1S/C17H28N4O3.HI/c1-5-23-16(22)13-6-8-21(9-7-13)17(18-4)19-11-14-10-15(12(2)3)20-24-14;/h10,12-13H,5-9,11H2,1-4H3,(H,18,19);1H. The van der Waals surface area contributed by atoms with Gasteiger partial charge in [0.25, 0.3) is 0 Å². The number of ether oxygens (including phenoxy) is 1. The van der Waals surface area contributed by atoms with Crippen molar-refractivity contribution in [3.05, 3.63) is 17.5 Å². The summed E-state index contributed by atoms with van der Waals surface area (Å²) < 4.78 is 10.4. The van der Waals surface area contributed by atoms with E-state index in [9.17, 15) is 4.79 Å². The van der Waals surface area contributed by atoms with E-state index in [1.807, 2.05) is 13.0 Å². The maximum absolute atomic E-state index is 11.8. The molecule has 1 aromatic rings. The second kappa shape index (κ2) is 10.6. The van der Waals surface area contributed by atoms with Gasteiger partial charge in [-0.25, -0.2) is 0 Å². The predicted octanol–water partition coefficient (Wildman–Crippen LogP) is 2.77. The zero-order valence-corrected chi connectivity index (χ0v) is 17.8. The Labute approximate surface area is 166 Å². The number of carbonyl (C=O) groups excluding carboxylic acids is 1. The Balaban J connectivity index is 0.00000312. The molecule has 142 valence electrons. The Bertz CT molecular complexity index is 566. The van der Waals surface area contributed by atoms with Gasteiger partial charge < -0.3 is 19.5 Å². The summed E-state index contributed by atoms with van der Waals surface area (Å²) in [7, 11) is 1.76. The van der Waals surface area contributed by atoms with Gasteiger partial charge in [0.05, 0.1) is 24.8 Å². The van der Waals surface area contributed by atoms with Crippen LogP contribution < -0.4 is 5.32 Å². The molecule has 0 aromatic carbocycles. The van der Waals surface area contributed by atoms with E-state index in [0.29, 0.717) is 19.1 Å². The number of guanidine groups is 1. The monoisotopic (exact) mass is 464 g/mol. The van der Waals surface area contributed by atoms with Crippen LogP contribution in [0.3, 0.4) is 0 Å². The molecule has 1 N–H and O–H groups in total. The minimum atomic E-state index is -0.0806. The van der Waals surface area contributed by atoms with E-state index in [-0.39, 0.29) is 35.9 Å². The van der Waals surface area contributed by atoms with Gasteiger partial charge in [-0.05, 0) is 25.7 Å². The van der Waals surface area contributed by atoms with Gasteiger partial charge in [-0.3, -0.25) is 9.79 Å². The van der Waals surface area contributed by atoms with Gasteiger partial charge in [0.2, 0.25) is 0 Å². The van der Waals surface area contributed by atoms with Crippen LogP contribution in [0.2, 0.25) is 0 Å². The molecule has 25 heavy (non-hydrogen) atoms. The average molecular weight is 464 g/mol. The summed E-state index contributed by atoms with van der Waals surface area (Å²) >= 11 is 0. The Morgan fingerprint density at radius 3 is 2.68 bits per heavy atom. The van der Waals surface area contributed by atoms with Crippen molar-refractivity contribution in [1.29, 1.82) is 0 Å². The third-order valence-corrected chi connectivity index (χ3v) is 4.22. The first-order valence-electron chi connectivity index (χ1n) is 8.62. The number of carbonyl (C=O) groups is 1. The van der Waals surface area contributed by atoms with Crippen molar-refractivity contribution in [1.82, 2.24) is 15.4 Å². The van der Waals surface area contributed by atoms with Gasteiger partial charge in [-0.2, -0.15) is 0 Å². The molecule has 0 unspecified atom stereocenters. The molecule has 8 heteroatoms. The summed E-state index contributed by atoms with van der Waals surface area (Å²) in [6.45, 7) is 8.58. The van der Waals surface area contributed by atoms with Crippen LogP contribution in [0.5, 0.6) is 0 Å². The highest BCUT2D eigenvalue weighted by atomic mass is 127. The lowest BCUT2D eigenvalue weighted by molar-refractivity contribution is -0.149. The fourth-order valence-electron chi connectivity index (χ4n) is 2.77. The Hall–Kier alpha value is -1.32. The fourth-order valence-corrected chi connectivity index (χ4v) is 2.77. The molecule has 0 saturated carbocycles. The normalized spacial score (nSPS) is 15.9. The number of esters is 1. The van der Waals surface area contributed by atoms with Gasteiger partial charge in [0, 0.05) is 26.2 Å². The summed E-state index contributed by atoms with van der Waals surface area (Å²) in [6.07, 6.45) is 1.58. The third-order valence-electron chi connectivity index (χ3n) is 4.22. The molecule has 2 heterocycles. The van der Waals surface area contributed by atoms with E-state index in [0.717, 1.165) is 43.3 Å². The first-order chi connectivity index (χ1) is 11.5. The maximum atomic E-state index is 11.8. The van der Waals surface area contributed by atoms with E-state index < -0.39 is 0 Å². The van der Waals surface area contributed by atoms with Crippen molar-refractivity contribution in [3.63, 3.8) is 0 Å². The molecule has 0 spiro atoms. The summed E-state index contributed by atoms with van der Waals surface area (Å²) in [5.41, 5.74) is 0.956. The van der Waals surface area contributed by atoms with Crippen molar-refractivity contribution in [2.45, 2.75) is 46.1 Å². The van der Waals surface area contributed by atoms with Crippen LogP contribution in [-0.2, 0) is 16.1 Å². The molecular weight excluding hydrogens is 435 g/mol. The molecule has 1 saturated heterocycles. The topological polar surface area (TPSA) is 80.0 Å². The molecular formula is C17H29IN4O3. The molecule has 0 bridgehead atoms. The zero-order chi connectivity index (χ0) is 17.5. The molecule has 0 aliphatic carbocycles. The predicted molar refractivity (Wildman–Crippen MR) is 107 cm³/mol. The number of halogens is 1. The lowest BCUT2D eigenvalue weighted by Gasteiger charge is -2.33. The number of likely N-dealkylation sites (tertiary alicyclic amines) is 1. The average Bonchev–Trinajstić information content (AvgIpc) is 3.05. The summed E-state index contributed by atoms with van der Waals surface area (Å²) in [5.74, 6) is 1.88. The number of hydrogen-bond acceptors (Lipinski definition) is 5. The molecule has 7 nitrogen and oxygen atoms in total. The fraction of sp³-hybridized carbons (Fsp3) is 0.706. The van der Waals surface area contributed by atoms with Crippen LogP contribution >= 0.6 is 24.0 Å². The highest BCUT2D eigenvalue weighted by molar-refractivity contribution is 14.0. The van der Waals surface area contributed by atoms with E-state index in [2.05, 4.69) is 34.2 Å². The van der Waals surface area contributed by atoms with Gasteiger partial charge in [0.1, 0.15) is 0 Å². The molecule has 1 fully saturated rings. The molecule has 0 radical (unpaired) electrons. The van der Waals surface area contributed by atoms with Crippen LogP contribution in [0.4, 0.5) is 0 Å². The molecule has 0 atom stereocenters. The SMILES string of the molecule is CCOC(=O)C1CCN(C(=NC)NCc2cc(C(C)C)no2)CC1.I. The van der Waals surface area contributed by atoms with Gasteiger partial charge in [-0.15, -0.1) is 24.0 Å². The Morgan fingerprint density at radius 2 is 2.16 bits per heavy atom. The summed E-state index contributed by atoms with van der Waals surface area (Å²) in [6, 6.07) is 1.97. The van der Waals surface area contributed by atoms with Crippen LogP contribution in [0.25, 0.3) is 0 Å². The molecule has 1 aromatic heterocycles. The van der Waals surface area contributed by atoms with Gasteiger partial charge in [0.15, 0.2) is 11.7 Å². The highest BCUT2D eigenvalue weighted by Crippen LogP contribution is 2.19. The highest BCUT2D eigenvalue weighted by Gasteiger charge is 2.27. The summed E-state index contributed by atoms with van der Waals surface area (Å²) in [4.78, 5) is 18.3. The first-order valence-corrected chi connectivity index (χ1v) is 8.62. The molecule has 0 amide bonds. The zero-order valence-electron chi connectivity index (χ0n) is 15.4. The van der Waals surface area contributed by atoms with Gasteiger partial charge in [-0.1, -0.05) is 19.0 Å². The lowest BCUT2D eigenvalue weighted by atomic mass is 9.97. The number of nitrogens with one attached hydrogen (secondary N) is 1. The van der Waals surface area contributed by atoms with E-state index >= 15 is 0 Å². The third kappa shape index (κ3) is 6.16. The Morgan fingerprint density at radius 1 is 1.48 bits per heavy atom. The largest absolute Gasteiger partial charge is 0.466 e. The summed E-state index contributed by atoms with van der Waals surface area (Å²) in [5, 5.41) is 7.36. The van der Waals surface area contributed by atoms with Crippen LogP contribution in [0.1, 0.15) is 51.0 Å². The van der Waals surface area contributed by atoms with E-state index in [1.54, 1.807) is 7.05 Å². The Kier molecular flexibility index (Phi) is 9.23. The van der Waals surface area contributed by atoms with E-state index in [1.165, 1.54) is 0 Å². The quantitative estimate of drug-likeness (QED) is 0.313. The van der Waals surface area contributed by atoms with Crippen molar-refractivity contribution in [2.24, 2.45) is 10.9 Å². The number of nitrogens with zero attached hydrogens (tertiary/aromatic N) is 3. The van der Waals surface area contributed by atoms with Crippen molar-refractivity contribution < 1.29 is 14.1 Å². The first kappa shape index (κ1) is 21.7. The lowest BCUT2D eigenvalue weighted by Crippen LogP contribution is -2.46. The van der Waals surface area contributed by atoms with Crippen LogP contribution in [-0.4, -0.2) is 48.7 Å². The number of hydrogen-bond donors (Lipinski definition) is 1. The molecule has 1 aliphatic heterocycles. The second-order valence-electron chi connectivity index (χ2n) is 6.29. The van der Waals surface area contributed by atoms with Crippen molar-refractivity contribution >= 4 is 35.9 Å². The molecule has 2 rings (SSSR count). The van der Waals surface area contributed by atoms with E-state index in [4.69, 9.17) is 9.26 Å². The maximum Gasteiger partial charge on any atom is 0.309 e. The van der Waals surface area contributed by atoms with Crippen molar-refractivity contribution in [3.8, 4) is 0 Å². The van der Waals surface area contributed by atoms with Crippen molar-refractivity contribution in [2.75, 3.05) is 26.7 Å². The number of aromatic nitrogens is 1. The van der Waals surface area contributed by atoms with Crippen LogP contribution in [0, 0.1) is 5.92 Å². The number of rotatable bonds is 5. The number of aliphatic imine (C=N–C) groups is 1. The second-order valence-corrected chi connectivity index (χ2v) is 6.29. The molecule has 1 aliphatic rings. The minimum absolute atomic E-state index is 0. The smallest absolute Gasteiger partial charge is 0.309 e.